The number of carbonyl (C=O) groups is 3. The third kappa shape index (κ3) is 10.9. The number of oxime groups is 1. The number of esters is 1. The Morgan fingerprint density at radius 2 is 1.69 bits per heavy atom. The van der Waals surface area contributed by atoms with Crippen molar-refractivity contribution >= 4 is 72.2 Å². The number of hydrogen-bond acceptors (Lipinski definition) is 14. The van der Waals surface area contributed by atoms with E-state index in [9.17, 15) is 39.9 Å². The molecule has 1 unspecified atom stereocenters. The molecule has 0 radical (unpaired) electrons. The van der Waals surface area contributed by atoms with Crippen molar-refractivity contribution in [3.8, 4) is 23.0 Å². The first-order valence-electron chi connectivity index (χ1n) is 20.1. The Labute approximate surface area is 373 Å². The van der Waals surface area contributed by atoms with Crippen LogP contribution in [0.3, 0.4) is 0 Å². The van der Waals surface area contributed by atoms with Gasteiger partial charge in [0, 0.05) is 71.3 Å². The number of nitrogens with zero attached hydrogens (tertiary/aromatic N) is 1. The quantitative estimate of drug-likeness (QED) is 0.0260. The molecule has 5 bridgehead atoms. The first-order valence-corrected chi connectivity index (χ1v) is 22.2. The van der Waals surface area contributed by atoms with Crippen molar-refractivity contribution in [2.75, 3.05) is 24.4 Å². The highest BCUT2D eigenvalue weighted by molar-refractivity contribution is 9.12. The summed E-state index contributed by atoms with van der Waals surface area (Å²) < 4.78 is 23.5. The molecule has 6 N–H and O–H groups in total. The van der Waals surface area contributed by atoms with E-state index in [-0.39, 0.29) is 51.1 Å². The molecular weight excluding hydrogens is 924 g/mol. The second kappa shape index (κ2) is 21.3. The number of ketones is 1. The van der Waals surface area contributed by atoms with Gasteiger partial charge in [0.15, 0.2) is 5.75 Å². The number of aliphatic hydroxyl groups excluding tert-OH is 2. The summed E-state index contributed by atoms with van der Waals surface area (Å²) in [5, 5.41) is 65.0. The average Bonchev–Trinajstić information content (AvgIpc) is 3.49. The SMILES string of the molecule is CO[C@H]1/C=C/O[C@@]2(C)Oc3c(C)c(O)c4c(O)c(c(/C=N/OCCCCC(Br)CBr)c(O)c4c3C2=O)NC(=O)/C(C)=C\C=C\[C@@H](C)[C@H](O)[C@@H](C)[C@@H](O)[C@@H](C)[C@H](OC(C)=O)[C@@H]1C. The average molecular weight is 983 g/mol. The number of hydrogen-bond donors (Lipinski definition) is 6. The molecule has 1 amide bonds. The number of amides is 1. The molecule has 61 heavy (non-hydrogen) atoms. The Bertz CT molecular complexity index is 2070. The summed E-state index contributed by atoms with van der Waals surface area (Å²) in [5.41, 5.74) is -0.600. The number of alkyl halides is 2. The summed E-state index contributed by atoms with van der Waals surface area (Å²) >= 11 is 7.00. The van der Waals surface area contributed by atoms with Crippen molar-refractivity contribution < 1.29 is 63.7 Å². The van der Waals surface area contributed by atoms with Gasteiger partial charge in [0.1, 0.15) is 30.0 Å². The number of rotatable bonds is 10. The first kappa shape index (κ1) is 49.5. The number of ether oxygens (including phenoxy) is 4. The highest BCUT2D eigenvalue weighted by atomic mass is 79.9. The Kier molecular flexibility index (Phi) is 17.3. The highest BCUT2D eigenvalue weighted by Crippen LogP contribution is 2.55. The number of Topliss-reactive ketones (excluding diaryl/α,β-unsaturated/α-hetero) is 1. The lowest BCUT2D eigenvalue weighted by Crippen LogP contribution is -2.46. The first-order chi connectivity index (χ1) is 28.7. The van der Waals surface area contributed by atoms with E-state index in [1.54, 1.807) is 39.8 Å². The van der Waals surface area contributed by atoms with Crippen LogP contribution in [0.4, 0.5) is 5.69 Å². The summed E-state index contributed by atoms with van der Waals surface area (Å²) in [4.78, 5) is 46.2. The van der Waals surface area contributed by atoms with Crippen LogP contribution in [0.1, 0.15) is 89.2 Å². The van der Waals surface area contributed by atoms with E-state index in [0.29, 0.717) is 11.2 Å². The van der Waals surface area contributed by atoms with Gasteiger partial charge in [-0.3, -0.25) is 14.4 Å². The third-order valence-corrected chi connectivity index (χ3v) is 13.9. The van der Waals surface area contributed by atoms with Gasteiger partial charge in [0.2, 0.25) is 0 Å². The van der Waals surface area contributed by atoms with Crippen molar-refractivity contribution in [1.82, 2.24) is 0 Å². The Balaban J connectivity index is 1.91. The van der Waals surface area contributed by atoms with Crippen LogP contribution in [-0.2, 0) is 28.6 Å². The van der Waals surface area contributed by atoms with E-state index in [2.05, 4.69) is 42.3 Å². The van der Waals surface area contributed by atoms with Gasteiger partial charge in [-0.05, 0) is 39.2 Å². The van der Waals surface area contributed by atoms with Gasteiger partial charge < -0.3 is 54.6 Å². The van der Waals surface area contributed by atoms with Gasteiger partial charge in [-0.1, -0.05) is 82.9 Å². The number of fused-ring (bicyclic) bond motifs is 14. The molecule has 2 aromatic carbocycles. The van der Waals surface area contributed by atoms with Crippen LogP contribution in [-0.4, -0.2) is 103 Å². The Hall–Kier alpha value is -4.16. The molecule has 0 saturated carbocycles. The number of allylic oxidation sites excluding steroid dienone is 2. The minimum Gasteiger partial charge on any atom is -0.507 e. The van der Waals surface area contributed by atoms with Crippen LogP contribution in [0.25, 0.3) is 10.8 Å². The molecule has 0 spiro atoms. The number of phenolic OH excluding ortho intramolecular Hbond substituents is 3. The van der Waals surface area contributed by atoms with Crippen LogP contribution in [0.15, 0.2) is 41.3 Å². The van der Waals surface area contributed by atoms with Gasteiger partial charge >= 0.3 is 11.8 Å². The van der Waals surface area contributed by atoms with Crippen LogP contribution in [0.2, 0.25) is 0 Å². The molecule has 0 saturated heterocycles. The van der Waals surface area contributed by atoms with Crippen LogP contribution < -0.4 is 10.1 Å². The molecule has 2 aromatic rings. The van der Waals surface area contributed by atoms with E-state index < -0.39 is 88.8 Å². The number of carbonyl (C=O) groups excluding carboxylic acids is 3. The standard InChI is InChI=1S/C44H58Br2N2O13/c1-21-13-12-14-22(2)43(56)48-34-29(20-47-59-17-11-10-15-28(46)19-45)38(53)31-32(39(34)54)37(52)26(6)41-33(31)42(55)44(8,61-41)58-18-16-30(57-9)23(3)40(60-27(7)49)25(5)36(51)24(4)35(21)50/h12-14,16,18,20-21,23-25,28,30,35-36,40,50-54H,10-11,15,17,19H2,1-9H3,(H,48,56)/b13-12+,18-16+,22-14-,47-20+/t21-,23-,24-,25-,28?,30+,35+,36-,40-,44+/m1/s1. The minimum atomic E-state index is -2.06. The van der Waals surface area contributed by atoms with Crippen LogP contribution >= 0.6 is 31.9 Å². The normalized spacial score (nSPS) is 30.0. The smallest absolute Gasteiger partial charge is 0.312 e. The number of methoxy groups -OCH3 is 1. The predicted octanol–water partition coefficient (Wildman–Crippen LogP) is 7.43. The molecule has 0 fully saturated rings. The van der Waals surface area contributed by atoms with Crippen molar-refractivity contribution in [3.63, 3.8) is 0 Å². The summed E-state index contributed by atoms with van der Waals surface area (Å²) in [6.45, 7) is 12.7. The van der Waals surface area contributed by atoms with E-state index in [1.807, 2.05) is 0 Å². The largest absolute Gasteiger partial charge is 0.507 e. The molecule has 5 rings (SSSR count). The maximum atomic E-state index is 14.4. The molecule has 0 aromatic heterocycles. The summed E-state index contributed by atoms with van der Waals surface area (Å²) in [7, 11) is 1.43. The van der Waals surface area contributed by atoms with Gasteiger partial charge in [0.05, 0.1) is 53.0 Å². The van der Waals surface area contributed by atoms with Crippen LogP contribution in [0.5, 0.6) is 23.0 Å². The number of aromatic hydroxyl groups is 3. The fraction of sp³-hybridized carbons (Fsp3) is 0.545. The number of phenols is 3. The molecule has 3 aliphatic rings. The van der Waals surface area contributed by atoms with Crippen molar-refractivity contribution in [2.45, 2.75) is 110 Å². The Morgan fingerprint density at radius 3 is 2.33 bits per heavy atom. The fourth-order valence-electron chi connectivity index (χ4n) is 7.62. The van der Waals surface area contributed by atoms with E-state index in [1.165, 1.54) is 53.2 Å². The van der Waals surface area contributed by atoms with Gasteiger partial charge in [0.25, 0.3) is 11.7 Å². The van der Waals surface area contributed by atoms with Gasteiger partial charge in [-0.25, -0.2) is 0 Å². The zero-order valence-electron chi connectivity index (χ0n) is 35.9. The maximum Gasteiger partial charge on any atom is 0.312 e. The molecule has 336 valence electrons. The lowest BCUT2D eigenvalue weighted by Gasteiger charge is -2.38. The second-order valence-corrected chi connectivity index (χ2v) is 17.9. The second-order valence-electron chi connectivity index (χ2n) is 15.9. The van der Waals surface area contributed by atoms with E-state index in [4.69, 9.17) is 23.8 Å². The number of halogens is 2. The van der Waals surface area contributed by atoms with Gasteiger partial charge in [-0.15, -0.1) is 0 Å². The number of unbranched alkanes of at least 4 members (excludes halogenated alkanes) is 1. The number of nitrogens with one attached hydrogen (secondary N) is 1. The van der Waals surface area contributed by atoms with Crippen molar-refractivity contribution in [1.29, 1.82) is 0 Å². The fourth-order valence-corrected chi connectivity index (χ4v) is 8.27. The summed E-state index contributed by atoms with van der Waals surface area (Å²) in [6, 6.07) is 0. The van der Waals surface area contributed by atoms with Gasteiger partial charge in [-0.2, -0.15) is 0 Å². The van der Waals surface area contributed by atoms with E-state index >= 15 is 0 Å². The Morgan fingerprint density at radius 1 is 1.00 bits per heavy atom. The number of benzene rings is 2. The predicted molar refractivity (Wildman–Crippen MR) is 238 cm³/mol. The zero-order chi connectivity index (χ0) is 45.5. The molecule has 10 atom stereocenters. The van der Waals surface area contributed by atoms with Crippen molar-refractivity contribution in [3.05, 3.63) is 52.8 Å². The summed E-state index contributed by atoms with van der Waals surface area (Å²) in [6.07, 6.45) is 6.93. The number of aliphatic hydroxyl groups is 2. The maximum absolute atomic E-state index is 14.4. The van der Waals surface area contributed by atoms with E-state index in [0.717, 1.165) is 24.4 Å². The topological polar surface area (TPSA) is 223 Å². The highest BCUT2D eigenvalue weighted by Gasteiger charge is 2.50. The number of anilines is 1. The van der Waals surface area contributed by atoms with Crippen LogP contribution in [0, 0.1) is 30.6 Å². The molecule has 15 nitrogen and oxygen atoms in total. The zero-order valence-corrected chi connectivity index (χ0v) is 39.1. The molecule has 3 heterocycles. The molecule has 3 aliphatic heterocycles. The molecule has 17 heteroatoms. The lowest BCUT2D eigenvalue weighted by molar-refractivity contribution is -0.160. The lowest BCUT2D eigenvalue weighted by atomic mass is 9.78. The minimum absolute atomic E-state index is 0.0342. The molecular formula is C44H58Br2N2O13. The van der Waals surface area contributed by atoms with Crippen molar-refractivity contribution in [2.24, 2.45) is 28.8 Å². The monoisotopic (exact) mass is 980 g/mol. The molecule has 0 aliphatic carbocycles. The third-order valence-electron chi connectivity index (χ3n) is 11.5. The summed E-state index contributed by atoms with van der Waals surface area (Å²) in [5.74, 6) is -8.64.